The lowest BCUT2D eigenvalue weighted by molar-refractivity contribution is 0.375. The monoisotopic (exact) mass is 265 g/mol. The Bertz CT molecular complexity index is 356. The summed E-state index contributed by atoms with van der Waals surface area (Å²) in [6.07, 6.45) is 6.47. The van der Waals surface area contributed by atoms with E-state index < -0.39 is 0 Å². The Balaban J connectivity index is 2.05. The molecule has 100 valence electrons. The molecule has 1 aromatic carbocycles. The minimum Gasteiger partial charge on any atom is -0.307 e. The molecule has 1 aliphatic carbocycles. The lowest BCUT2D eigenvalue weighted by atomic mass is 9.99. The number of hydrogen-bond donors (Lipinski definition) is 1. The minimum atomic E-state index is 0.527. The highest BCUT2D eigenvalue weighted by atomic mass is 35.5. The summed E-state index contributed by atoms with van der Waals surface area (Å²) >= 11 is 5.97. The van der Waals surface area contributed by atoms with Crippen molar-refractivity contribution >= 4 is 11.6 Å². The maximum Gasteiger partial charge on any atom is 0.0406 e. The van der Waals surface area contributed by atoms with Crippen LogP contribution in [-0.2, 0) is 0 Å². The summed E-state index contributed by atoms with van der Waals surface area (Å²) in [5.41, 5.74) is 1.40. The second-order valence-electron chi connectivity index (χ2n) is 5.43. The topological polar surface area (TPSA) is 12.0 Å². The molecule has 0 spiro atoms. The lowest BCUT2D eigenvalue weighted by Gasteiger charge is -2.25. The van der Waals surface area contributed by atoms with Crippen molar-refractivity contribution in [2.45, 2.75) is 58.0 Å². The summed E-state index contributed by atoms with van der Waals surface area (Å²) in [5.74, 6) is 0.831. The van der Waals surface area contributed by atoms with E-state index in [2.05, 4.69) is 31.3 Å². The molecule has 0 saturated heterocycles. The number of halogens is 1. The Hall–Kier alpha value is -0.530. The molecule has 1 aliphatic rings. The molecular formula is C16H24ClN. The van der Waals surface area contributed by atoms with Gasteiger partial charge < -0.3 is 5.32 Å². The van der Waals surface area contributed by atoms with Gasteiger partial charge in [-0.15, -0.1) is 0 Å². The van der Waals surface area contributed by atoms with Gasteiger partial charge in [0, 0.05) is 17.1 Å². The quantitative estimate of drug-likeness (QED) is 0.735. The molecule has 1 aromatic rings. The average Bonchev–Trinajstić information content (AvgIpc) is 3.20. The summed E-state index contributed by atoms with van der Waals surface area (Å²) in [6.45, 7) is 4.54. The van der Waals surface area contributed by atoms with E-state index in [1.165, 1.54) is 37.7 Å². The van der Waals surface area contributed by atoms with Gasteiger partial charge in [-0.2, -0.15) is 0 Å². The Labute approximate surface area is 116 Å². The van der Waals surface area contributed by atoms with Crippen LogP contribution in [0.1, 0.15) is 57.6 Å². The average molecular weight is 266 g/mol. The molecule has 18 heavy (non-hydrogen) atoms. The predicted octanol–water partition coefficient (Wildman–Crippen LogP) is 4.96. The van der Waals surface area contributed by atoms with Gasteiger partial charge in [-0.25, -0.2) is 0 Å². The van der Waals surface area contributed by atoms with Crippen LogP contribution in [0.4, 0.5) is 0 Å². The van der Waals surface area contributed by atoms with Crippen molar-refractivity contribution in [2.24, 2.45) is 5.92 Å². The van der Waals surface area contributed by atoms with E-state index in [9.17, 15) is 0 Å². The fraction of sp³-hybridized carbons (Fsp3) is 0.625. The molecule has 1 nitrogen and oxygen atoms in total. The highest BCUT2D eigenvalue weighted by Crippen LogP contribution is 2.41. The largest absolute Gasteiger partial charge is 0.307 e. The normalized spacial score (nSPS) is 18.6. The third-order valence-electron chi connectivity index (χ3n) is 3.87. The third-order valence-corrected chi connectivity index (χ3v) is 4.12. The Morgan fingerprint density at radius 3 is 2.39 bits per heavy atom. The van der Waals surface area contributed by atoms with Gasteiger partial charge in [0.05, 0.1) is 0 Å². The van der Waals surface area contributed by atoms with E-state index in [0.717, 1.165) is 10.9 Å². The molecule has 0 amide bonds. The maximum atomic E-state index is 5.97. The highest BCUT2D eigenvalue weighted by molar-refractivity contribution is 6.30. The minimum absolute atomic E-state index is 0.527. The summed E-state index contributed by atoms with van der Waals surface area (Å²) < 4.78 is 0. The molecular weight excluding hydrogens is 242 g/mol. The first-order chi connectivity index (χ1) is 8.74. The van der Waals surface area contributed by atoms with Crippen LogP contribution in [0.25, 0.3) is 0 Å². The second-order valence-corrected chi connectivity index (χ2v) is 5.86. The molecule has 2 rings (SSSR count). The molecule has 1 fully saturated rings. The van der Waals surface area contributed by atoms with Gasteiger partial charge in [0.2, 0.25) is 0 Å². The van der Waals surface area contributed by atoms with Crippen LogP contribution in [-0.4, -0.2) is 6.04 Å². The van der Waals surface area contributed by atoms with E-state index in [-0.39, 0.29) is 0 Å². The number of hydrogen-bond acceptors (Lipinski definition) is 1. The van der Waals surface area contributed by atoms with Crippen LogP contribution in [0.3, 0.4) is 0 Å². The second kappa shape index (κ2) is 6.58. The third kappa shape index (κ3) is 3.73. The summed E-state index contributed by atoms with van der Waals surface area (Å²) in [5, 5.41) is 4.69. The van der Waals surface area contributed by atoms with Gasteiger partial charge in [-0.3, -0.25) is 0 Å². The molecule has 2 heteroatoms. The molecule has 0 heterocycles. The standard InChI is InChI=1S/C16H24ClN/c1-3-5-15(4-2)18-16(12-6-7-12)13-8-10-14(17)11-9-13/h8-12,15-16,18H,3-7H2,1-2H3. The molecule has 1 saturated carbocycles. The van der Waals surface area contributed by atoms with Crippen LogP contribution in [0.15, 0.2) is 24.3 Å². The zero-order valence-electron chi connectivity index (χ0n) is 11.5. The smallest absolute Gasteiger partial charge is 0.0406 e. The van der Waals surface area contributed by atoms with Crippen molar-refractivity contribution < 1.29 is 0 Å². The van der Waals surface area contributed by atoms with E-state index in [0.29, 0.717) is 12.1 Å². The van der Waals surface area contributed by atoms with E-state index >= 15 is 0 Å². The summed E-state index contributed by atoms with van der Waals surface area (Å²) in [7, 11) is 0. The van der Waals surface area contributed by atoms with E-state index in [1.54, 1.807) is 0 Å². The maximum absolute atomic E-state index is 5.97. The first-order valence-corrected chi connectivity index (χ1v) is 7.63. The molecule has 0 bridgehead atoms. The van der Waals surface area contributed by atoms with Crippen molar-refractivity contribution in [3.05, 3.63) is 34.9 Å². The van der Waals surface area contributed by atoms with Crippen molar-refractivity contribution in [2.75, 3.05) is 0 Å². The molecule has 0 aromatic heterocycles. The van der Waals surface area contributed by atoms with Crippen LogP contribution < -0.4 is 5.32 Å². The fourth-order valence-electron chi connectivity index (χ4n) is 2.61. The number of benzene rings is 1. The van der Waals surface area contributed by atoms with Crippen molar-refractivity contribution in [1.82, 2.24) is 5.32 Å². The molecule has 0 aliphatic heterocycles. The Morgan fingerprint density at radius 2 is 1.89 bits per heavy atom. The predicted molar refractivity (Wildman–Crippen MR) is 79.0 cm³/mol. The summed E-state index contributed by atoms with van der Waals surface area (Å²) in [6, 6.07) is 9.55. The van der Waals surface area contributed by atoms with Crippen molar-refractivity contribution in [3.63, 3.8) is 0 Å². The Kier molecular flexibility index (Phi) is 5.08. The van der Waals surface area contributed by atoms with Gasteiger partial charge >= 0.3 is 0 Å². The van der Waals surface area contributed by atoms with Crippen molar-refractivity contribution in [3.8, 4) is 0 Å². The van der Waals surface area contributed by atoms with E-state index in [1.807, 2.05) is 12.1 Å². The van der Waals surface area contributed by atoms with Gasteiger partial charge in [-0.05, 0) is 49.3 Å². The molecule has 0 radical (unpaired) electrons. The first-order valence-electron chi connectivity index (χ1n) is 7.26. The molecule has 2 unspecified atom stereocenters. The van der Waals surface area contributed by atoms with Gasteiger partial charge in [0.1, 0.15) is 0 Å². The molecule has 2 atom stereocenters. The van der Waals surface area contributed by atoms with Gasteiger partial charge in [0.15, 0.2) is 0 Å². The Morgan fingerprint density at radius 1 is 1.22 bits per heavy atom. The number of nitrogens with one attached hydrogen (secondary N) is 1. The highest BCUT2D eigenvalue weighted by Gasteiger charge is 2.33. The van der Waals surface area contributed by atoms with Crippen LogP contribution in [0, 0.1) is 5.92 Å². The van der Waals surface area contributed by atoms with Gasteiger partial charge in [-0.1, -0.05) is 44.0 Å². The zero-order valence-corrected chi connectivity index (χ0v) is 12.2. The number of rotatable bonds is 7. The summed E-state index contributed by atoms with van der Waals surface area (Å²) in [4.78, 5) is 0. The first kappa shape index (κ1) is 13.9. The lowest BCUT2D eigenvalue weighted by Crippen LogP contribution is -2.33. The van der Waals surface area contributed by atoms with E-state index in [4.69, 9.17) is 11.6 Å². The SMILES string of the molecule is CCCC(CC)NC(c1ccc(Cl)cc1)C1CC1. The van der Waals surface area contributed by atoms with Crippen LogP contribution in [0.2, 0.25) is 5.02 Å². The van der Waals surface area contributed by atoms with Crippen LogP contribution >= 0.6 is 11.6 Å². The van der Waals surface area contributed by atoms with Crippen molar-refractivity contribution in [1.29, 1.82) is 0 Å². The zero-order chi connectivity index (χ0) is 13.0. The molecule has 1 N–H and O–H groups in total. The van der Waals surface area contributed by atoms with Gasteiger partial charge in [0.25, 0.3) is 0 Å². The van der Waals surface area contributed by atoms with Crippen LogP contribution in [0.5, 0.6) is 0 Å². The fourth-order valence-corrected chi connectivity index (χ4v) is 2.74.